The first-order valence-corrected chi connectivity index (χ1v) is 6.68. The Balaban J connectivity index is 2.26. The van der Waals surface area contributed by atoms with Gasteiger partial charge < -0.3 is 0 Å². The number of allylic oxidation sites excluding steroid dienone is 4. The van der Waals surface area contributed by atoms with Gasteiger partial charge in [0.25, 0.3) is 0 Å². The van der Waals surface area contributed by atoms with Gasteiger partial charge in [-0.3, -0.25) is 0 Å². The first kappa shape index (κ1) is 11.3. The maximum absolute atomic E-state index is 2.34. The zero-order valence-corrected chi connectivity index (χ0v) is 11.0. The third-order valence-electron chi connectivity index (χ3n) is 3.75. The maximum Gasteiger partial charge on any atom is -0.0103 e. The van der Waals surface area contributed by atoms with Crippen LogP contribution in [0.4, 0.5) is 0 Å². The third kappa shape index (κ3) is 1.78. The van der Waals surface area contributed by atoms with Gasteiger partial charge in [0.2, 0.25) is 0 Å². The van der Waals surface area contributed by atoms with Crippen molar-refractivity contribution in [1.82, 2.24) is 0 Å². The molecule has 0 unspecified atom stereocenters. The van der Waals surface area contributed by atoms with Gasteiger partial charge in [0, 0.05) is 0 Å². The molecule has 0 spiro atoms. The Kier molecular flexibility index (Phi) is 2.79. The van der Waals surface area contributed by atoms with Crippen LogP contribution in [0.25, 0.3) is 16.3 Å². The van der Waals surface area contributed by atoms with Gasteiger partial charge in [-0.2, -0.15) is 0 Å². The van der Waals surface area contributed by atoms with Crippen LogP contribution in [0.15, 0.2) is 54.1 Å². The summed E-state index contributed by atoms with van der Waals surface area (Å²) >= 11 is 0. The number of aryl methyl sites for hydroxylation is 1. The van der Waals surface area contributed by atoms with Gasteiger partial charge in [0.1, 0.15) is 0 Å². The summed E-state index contributed by atoms with van der Waals surface area (Å²) in [4.78, 5) is 0. The molecule has 0 saturated heterocycles. The zero-order valence-electron chi connectivity index (χ0n) is 11.0. The Morgan fingerprint density at radius 2 is 1.78 bits per heavy atom. The summed E-state index contributed by atoms with van der Waals surface area (Å²) in [6, 6.07) is 13.3. The van der Waals surface area contributed by atoms with E-state index in [0.717, 1.165) is 12.8 Å². The molecule has 0 heteroatoms. The summed E-state index contributed by atoms with van der Waals surface area (Å²) in [6.07, 6.45) is 6.84. The topological polar surface area (TPSA) is 0 Å². The molecule has 18 heavy (non-hydrogen) atoms. The molecule has 2 aromatic rings. The van der Waals surface area contributed by atoms with Crippen molar-refractivity contribution in [3.63, 3.8) is 0 Å². The second-order valence-corrected chi connectivity index (χ2v) is 5.03. The summed E-state index contributed by atoms with van der Waals surface area (Å²) in [6.45, 7) is 4.42. The van der Waals surface area contributed by atoms with E-state index in [2.05, 4.69) is 62.4 Å². The fourth-order valence-corrected chi connectivity index (χ4v) is 2.76. The molecule has 0 amide bonds. The molecule has 0 aromatic heterocycles. The third-order valence-corrected chi connectivity index (χ3v) is 3.75. The second kappa shape index (κ2) is 4.45. The smallest absolute Gasteiger partial charge is 0.0103 e. The van der Waals surface area contributed by atoms with Crippen molar-refractivity contribution >= 4 is 16.3 Å². The largest absolute Gasteiger partial charge is 0.0726 e. The van der Waals surface area contributed by atoms with Crippen molar-refractivity contribution in [2.75, 3.05) is 0 Å². The lowest BCUT2D eigenvalue weighted by atomic mass is 9.94. The van der Waals surface area contributed by atoms with Gasteiger partial charge in [-0.15, -0.1) is 0 Å². The lowest BCUT2D eigenvalue weighted by Crippen LogP contribution is -1.88. The lowest BCUT2D eigenvalue weighted by molar-refractivity contribution is 1.16. The standard InChI is InChI=1S/C18H18/c1-3-14-10-11-17(15-9-8-13(2)12-15)18-7-5-4-6-16(14)18/h4-7,9-12H,3,8H2,1-2H3. The molecule has 0 saturated carbocycles. The number of fused-ring (bicyclic) bond motifs is 1. The quantitative estimate of drug-likeness (QED) is 0.675. The maximum atomic E-state index is 2.34. The van der Waals surface area contributed by atoms with Crippen molar-refractivity contribution in [3.8, 4) is 0 Å². The van der Waals surface area contributed by atoms with Crippen molar-refractivity contribution in [1.29, 1.82) is 0 Å². The molecule has 1 aliphatic carbocycles. The molecule has 90 valence electrons. The first-order chi connectivity index (χ1) is 8.79. The van der Waals surface area contributed by atoms with Crippen LogP contribution < -0.4 is 0 Å². The van der Waals surface area contributed by atoms with E-state index in [1.807, 2.05) is 0 Å². The highest BCUT2D eigenvalue weighted by Crippen LogP contribution is 2.32. The molecule has 0 atom stereocenters. The number of benzene rings is 2. The summed E-state index contributed by atoms with van der Waals surface area (Å²) in [7, 11) is 0. The number of rotatable bonds is 2. The lowest BCUT2D eigenvalue weighted by Gasteiger charge is -2.10. The Labute approximate surface area is 109 Å². The van der Waals surface area contributed by atoms with Gasteiger partial charge in [-0.1, -0.05) is 61.0 Å². The Morgan fingerprint density at radius 3 is 2.44 bits per heavy atom. The van der Waals surface area contributed by atoms with E-state index in [9.17, 15) is 0 Å². The molecule has 0 aliphatic heterocycles. The molecule has 0 fully saturated rings. The second-order valence-electron chi connectivity index (χ2n) is 5.03. The molecule has 3 rings (SSSR count). The fourth-order valence-electron chi connectivity index (χ4n) is 2.76. The molecule has 0 nitrogen and oxygen atoms in total. The van der Waals surface area contributed by atoms with Crippen LogP contribution >= 0.6 is 0 Å². The predicted molar refractivity (Wildman–Crippen MR) is 79.7 cm³/mol. The molecule has 0 heterocycles. The average Bonchev–Trinajstić information content (AvgIpc) is 2.84. The van der Waals surface area contributed by atoms with Crippen LogP contribution in [0.5, 0.6) is 0 Å². The van der Waals surface area contributed by atoms with E-state index in [0.29, 0.717) is 0 Å². The van der Waals surface area contributed by atoms with Crippen molar-refractivity contribution < 1.29 is 0 Å². The monoisotopic (exact) mass is 234 g/mol. The van der Waals surface area contributed by atoms with Gasteiger partial charge >= 0.3 is 0 Å². The van der Waals surface area contributed by atoms with Gasteiger partial charge in [-0.25, -0.2) is 0 Å². The molecule has 0 radical (unpaired) electrons. The highest BCUT2D eigenvalue weighted by molar-refractivity contribution is 5.98. The van der Waals surface area contributed by atoms with E-state index in [-0.39, 0.29) is 0 Å². The van der Waals surface area contributed by atoms with Crippen LogP contribution in [-0.2, 0) is 6.42 Å². The van der Waals surface area contributed by atoms with Crippen LogP contribution in [0.1, 0.15) is 31.4 Å². The molecular weight excluding hydrogens is 216 g/mol. The van der Waals surface area contributed by atoms with Gasteiger partial charge in [0.15, 0.2) is 0 Å². The minimum Gasteiger partial charge on any atom is -0.0726 e. The van der Waals surface area contributed by atoms with Crippen LogP contribution in [0, 0.1) is 0 Å². The summed E-state index contributed by atoms with van der Waals surface area (Å²) < 4.78 is 0. The molecule has 2 aromatic carbocycles. The van der Waals surface area contributed by atoms with E-state index in [4.69, 9.17) is 0 Å². The molecule has 0 bridgehead atoms. The van der Waals surface area contributed by atoms with Crippen LogP contribution in [0.2, 0.25) is 0 Å². The Bertz CT molecular complexity index is 657. The van der Waals surface area contributed by atoms with E-state index in [1.54, 1.807) is 0 Å². The Hall–Kier alpha value is -1.82. The predicted octanol–water partition coefficient (Wildman–Crippen LogP) is 5.14. The first-order valence-electron chi connectivity index (χ1n) is 6.68. The highest BCUT2D eigenvalue weighted by atomic mass is 14.1. The summed E-state index contributed by atoms with van der Waals surface area (Å²) in [5, 5.41) is 2.78. The minimum atomic E-state index is 1.09. The molecule has 1 aliphatic rings. The van der Waals surface area contributed by atoms with Crippen molar-refractivity contribution in [2.45, 2.75) is 26.7 Å². The fraction of sp³-hybridized carbons (Fsp3) is 0.222. The normalized spacial score (nSPS) is 14.8. The minimum absolute atomic E-state index is 1.09. The van der Waals surface area contributed by atoms with Crippen LogP contribution in [-0.4, -0.2) is 0 Å². The summed E-state index contributed by atoms with van der Waals surface area (Å²) in [5.41, 5.74) is 5.65. The zero-order chi connectivity index (χ0) is 12.5. The van der Waals surface area contributed by atoms with Crippen molar-refractivity contribution in [2.24, 2.45) is 0 Å². The SMILES string of the molecule is CCc1ccc(C2=CCC(C)=C2)c2ccccc12. The van der Waals surface area contributed by atoms with Gasteiger partial charge in [-0.05, 0) is 47.2 Å². The van der Waals surface area contributed by atoms with E-state index >= 15 is 0 Å². The van der Waals surface area contributed by atoms with E-state index in [1.165, 1.54) is 33.0 Å². The average molecular weight is 234 g/mol. The highest BCUT2D eigenvalue weighted by Gasteiger charge is 2.10. The molecular formula is C18H18. The van der Waals surface area contributed by atoms with Crippen molar-refractivity contribution in [3.05, 3.63) is 65.3 Å². The van der Waals surface area contributed by atoms with Gasteiger partial charge in [0.05, 0.1) is 0 Å². The van der Waals surface area contributed by atoms with Crippen LogP contribution in [0.3, 0.4) is 0 Å². The van der Waals surface area contributed by atoms with E-state index < -0.39 is 0 Å². The Morgan fingerprint density at radius 1 is 1.00 bits per heavy atom. The molecule has 0 N–H and O–H groups in total. The number of hydrogen-bond acceptors (Lipinski definition) is 0. The summed E-state index contributed by atoms with van der Waals surface area (Å²) in [5.74, 6) is 0. The number of hydrogen-bond donors (Lipinski definition) is 0.